The number of halogens is 3. The molecular weight excluding hydrogens is 263 g/mol. The van der Waals surface area contributed by atoms with Crippen LogP contribution < -0.4 is 0 Å². The van der Waals surface area contributed by atoms with Crippen LogP contribution in [0.25, 0.3) is 5.69 Å². The highest BCUT2D eigenvalue weighted by Crippen LogP contribution is 2.34. The molecule has 0 amide bonds. The quantitative estimate of drug-likeness (QED) is 0.785. The maximum absolute atomic E-state index is 13.0. The molecular formula is C11H8F3N3O2. The third-order valence-electron chi connectivity index (χ3n) is 2.36. The van der Waals surface area contributed by atoms with Crippen molar-refractivity contribution in [2.24, 2.45) is 0 Å². The maximum atomic E-state index is 13.0. The van der Waals surface area contributed by atoms with E-state index < -0.39 is 17.7 Å². The van der Waals surface area contributed by atoms with E-state index in [-0.39, 0.29) is 11.3 Å². The van der Waals surface area contributed by atoms with Crippen LogP contribution in [-0.2, 0) is 10.9 Å². The second-order valence-corrected chi connectivity index (χ2v) is 3.54. The van der Waals surface area contributed by atoms with Gasteiger partial charge in [-0.15, -0.1) is 0 Å². The molecule has 19 heavy (non-hydrogen) atoms. The van der Waals surface area contributed by atoms with Gasteiger partial charge in [0.15, 0.2) is 0 Å². The number of carbonyl (C=O) groups is 1. The molecule has 0 saturated heterocycles. The molecule has 0 fully saturated rings. The van der Waals surface area contributed by atoms with E-state index in [4.69, 9.17) is 0 Å². The normalized spacial score (nSPS) is 11.4. The second kappa shape index (κ2) is 4.71. The predicted molar refractivity (Wildman–Crippen MR) is 57.7 cm³/mol. The zero-order valence-electron chi connectivity index (χ0n) is 9.68. The molecule has 2 rings (SSSR count). The van der Waals surface area contributed by atoms with Gasteiger partial charge in [-0.1, -0.05) is 0 Å². The summed E-state index contributed by atoms with van der Waals surface area (Å²) >= 11 is 0. The second-order valence-electron chi connectivity index (χ2n) is 3.54. The number of hydrogen-bond donors (Lipinski definition) is 0. The summed E-state index contributed by atoms with van der Waals surface area (Å²) in [7, 11) is 1.10. The minimum Gasteiger partial charge on any atom is -0.465 e. The lowest BCUT2D eigenvalue weighted by atomic mass is 10.1. The molecule has 5 nitrogen and oxygen atoms in total. The first kappa shape index (κ1) is 13.1. The Kier molecular flexibility index (Phi) is 3.24. The zero-order valence-corrected chi connectivity index (χ0v) is 9.68. The fourth-order valence-electron chi connectivity index (χ4n) is 1.52. The molecule has 8 heteroatoms. The Morgan fingerprint density at radius 3 is 2.42 bits per heavy atom. The molecule has 0 unspecified atom stereocenters. The SMILES string of the molecule is COC(=O)c1ccc(-n2nccn2)c(C(F)(F)F)c1. The largest absolute Gasteiger partial charge is 0.465 e. The third-order valence-corrected chi connectivity index (χ3v) is 2.36. The molecule has 0 bridgehead atoms. The van der Waals surface area contributed by atoms with Crippen LogP contribution in [0.2, 0.25) is 0 Å². The van der Waals surface area contributed by atoms with Gasteiger partial charge in [0.2, 0.25) is 0 Å². The Hall–Kier alpha value is -2.38. The van der Waals surface area contributed by atoms with Crippen LogP contribution in [0.5, 0.6) is 0 Å². The van der Waals surface area contributed by atoms with Crippen LogP contribution in [0.3, 0.4) is 0 Å². The Labute approximate surface area is 105 Å². The first-order chi connectivity index (χ1) is 8.93. The van der Waals surface area contributed by atoms with Crippen molar-refractivity contribution in [2.45, 2.75) is 6.18 Å². The van der Waals surface area contributed by atoms with E-state index in [1.54, 1.807) is 0 Å². The molecule has 100 valence electrons. The van der Waals surface area contributed by atoms with E-state index in [0.717, 1.165) is 18.0 Å². The molecule has 1 aromatic heterocycles. The highest BCUT2D eigenvalue weighted by atomic mass is 19.4. The van der Waals surface area contributed by atoms with E-state index in [1.165, 1.54) is 18.5 Å². The third kappa shape index (κ3) is 2.56. The smallest absolute Gasteiger partial charge is 0.418 e. The van der Waals surface area contributed by atoms with Gasteiger partial charge in [0.1, 0.15) is 0 Å². The summed E-state index contributed by atoms with van der Waals surface area (Å²) < 4.78 is 43.3. The minimum absolute atomic E-state index is 0.189. The lowest BCUT2D eigenvalue weighted by Gasteiger charge is -2.13. The van der Waals surface area contributed by atoms with Gasteiger partial charge in [0.05, 0.1) is 36.3 Å². The number of methoxy groups -OCH3 is 1. The van der Waals surface area contributed by atoms with Crippen LogP contribution >= 0.6 is 0 Å². The van der Waals surface area contributed by atoms with Crippen molar-refractivity contribution in [1.29, 1.82) is 0 Å². The van der Waals surface area contributed by atoms with Crippen LogP contribution in [0.4, 0.5) is 13.2 Å². The topological polar surface area (TPSA) is 57.0 Å². The Balaban J connectivity index is 2.59. The van der Waals surface area contributed by atoms with Crippen molar-refractivity contribution in [2.75, 3.05) is 7.11 Å². The lowest BCUT2D eigenvalue weighted by molar-refractivity contribution is -0.137. The molecule has 2 aromatic rings. The molecule has 0 aliphatic carbocycles. The average Bonchev–Trinajstić information content (AvgIpc) is 2.90. The zero-order chi connectivity index (χ0) is 14.0. The Morgan fingerprint density at radius 1 is 1.26 bits per heavy atom. The first-order valence-corrected chi connectivity index (χ1v) is 5.09. The van der Waals surface area contributed by atoms with Crippen LogP contribution in [0.15, 0.2) is 30.6 Å². The fourth-order valence-corrected chi connectivity index (χ4v) is 1.52. The summed E-state index contributed by atoms with van der Waals surface area (Å²) in [4.78, 5) is 12.1. The van der Waals surface area contributed by atoms with Crippen molar-refractivity contribution >= 4 is 5.97 Å². The molecule has 1 aromatic carbocycles. The molecule has 0 spiro atoms. The van der Waals surface area contributed by atoms with Crippen molar-refractivity contribution in [3.8, 4) is 5.69 Å². The summed E-state index contributed by atoms with van der Waals surface area (Å²) in [6.07, 6.45) is -2.12. The van der Waals surface area contributed by atoms with Gasteiger partial charge in [0.25, 0.3) is 0 Å². The molecule has 0 atom stereocenters. The molecule has 0 aliphatic heterocycles. The molecule has 0 radical (unpaired) electrons. The van der Waals surface area contributed by atoms with Gasteiger partial charge >= 0.3 is 12.1 Å². The van der Waals surface area contributed by atoms with Gasteiger partial charge in [0, 0.05) is 0 Å². The Morgan fingerprint density at radius 2 is 1.89 bits per heavy atom. The number of rotatable bonds is 2. The van der Waals surface area contributed by atoms with Crippen LogP contribution in [0, 0.1) is 0 Å². The highest BCUT2D eigenvalue weighted by Gasteiger charge is 2.35. The van der Waals surface area contributed by atoms with Crippen molar-refractivity contribution in [1.82, 2.24) is 15.0 Å². The summed E-state index contributed by atoms with van der Waals surface area (Å²) in [5.41, 5.74) is -1.46. The van der Waals surface area contributed by atoms with Crippen molar-refractivity contribution in [3.63, 3.8) is 0 Å². The number of benzene rings is 1. The number of ether oxygens (including phenoxy) is 1. The molecule has 1 heterocycles. The van der Waals surface area contributed by atoms with E-state index in [0.29, 0.717) is 6.07 Å². The van der Waals surface area contributed by atoms with E-state index >= 15 is 0 Å². The summed E-state index contributed by atoms with van der Waals surface area (Å²) in [5.74, 6) is -0.842. The summed E-state index contributed by atoms with van der Waals surface area (Å²) in [5, 5.41) is 7.29. The van der Waals surface area contributed by atoms with Gasteiger partial charge in [-0.05, 0) is 18.2 Å². The molecule has 0 aliphatic rings. The van der Waals surface area contributed by atoms with Gasteiger partial charge < -0.3 is 4.74 Å². The number of hydrogen-bond acceptors (Lipinski definition) is 4. The maximum Gasteiger partial charge on any atom is 0.418 e. The first-order valence-electron chi connectivity index (χ1n) is 5.09. The number of esters is 1. The van der Waals surface area contributed by atoms with E-state index in [9.17, 15) is 18.0 Å². The molecule has 0 saturated carbocycles. The highest BCUT2D eigenvalue weighted by molar-refractivity contribution is 5.89. The number of aromatic nitrogens is 3. The van der Waals surface area contributed by atoms with Gasteiger partial charge in [-0.2, -0.15) is 28.2 Å². The van der Waals surface area contributed by atoms with Crippen molar-refractivity contribution in [3.05, 3.63) is 41.7 Å². The molecule has 0 N–H and O–H groups in total. The monoisotopic (exact) mass is 271 g/mol. The van der Waals surface area contributed by atoms with E-state index in [2.05, 4.69) is 14.9 Å². The average molecular weight is 271 g/mol. The van der Waals surface area contributed by atoms with Crippen LogP contribution in [-0.4, -0.2) is 28.1 Å². The van der Waals surface area contributed by atoms with Crippen molar-refractivity contribution < 1.29 is 22.7 Å². The fraction of sp³-hybridized carbons (Fsp3) is 0.182. The van der Waals surface area contributed by atoms with Gasteiger partial charge in [-0.3, -0.25) is 0 Å². The minimum atomic E-state index is -4.63. The Bertz CT molecular complexity index is 594. The number of alkyl halides is 3. The predicted octanol–water partition coefficient (Wildman–Crippen LogP) is 2.07. The standard InChI is InChI=1S/C11H8F3N3O2/c1-19-10(18)7-2-3-9(17-15-4-5-16-17)8(6-7)11(12,13)14/h2-6H,1H3. The lowest BCUT2D eigenvalue weighted by Crippen LogP contribution is -2.14. The van der Waals surface area contributed by atoms with Gasteiger partial charge in [-0.25, -0.2) is 4.79 Å². The summed E-state index contributed by atoms with van der Waals surface area (Å²) in [6, 6.07) is 3.05. The number of carbonyl (C=O) groups excluding carboxylic acids is 1. The number of nitrogens with zero attached hydrogens (tertiary/aromatic N) is 3. The summed E-state index contributed by atoms with van der Waals surface area (Å²) in [6.45, 7) is 0. The van der Waals surface area contributed by atoms with E-state index in [1.807, 2.05) is 0 Å². The van der Waals surface area contributed by atoms with Crippen LogP contribution in [0.1, 0.15) is 15.9 Å².